The highest BCUT2D eigenvalue weighted by Crippen LogP contribution is 2.46. The largest absolute Gasteiger partial charge is 0.317 e. The van der Waals surface area contributed by atoms with E-state index in [2.05, 4.69) is 5.32 Å². The highest BCUT2D eigenvalue weighted by atomic mass is 32.2. The van der Waals surface area contributed by atoms with Gasteiger partial charge in [-0.1, -0.05) is 12.8 Å². The highest BCUT2D eigenvalue weighted by molar-refractivity contribution is 7.89. The van der Waals surface area contributed by atoms with Crippen LogP contribution in [0.25, 0.3) is 0 Å². The zero-order valence-electron chi connectivity index (χ0n) is 11.7. The molecule has 110 valence electrons. The molecule has 5 heteroatoms. The third-order valence-corrected chi connectivity index (χ3v) is 7.91. The predicted molar refractivity (Wildman–Crippen MR) is 76.5 cm³/mol. The van der Waals surface area contributed by atoms with Gasteiger partial charge in [-0.15, -0.1) is 0 Å². The predicted octanol–water partition coefficient (Wildman–Crippen LogP) is 1.72. The average Bonchev–Trinajstić information content (AvgIpc) is 2.89. The average molecular weight is 286 g/mol. The fraction of sp³-hybridized carbons (Fsp3) is 1.00. The van der Waals surface area contributed by atoms with Crippen molar-refractivity contribution >= 4 is 10.0 Å². The lowest BCUT2D eigenvalue weighted by Crippen LogP contribution is -2.48. The summed E-state index contributed by atoms with van der Waals surface area (Å²) in [5, 5.41) is 3.11. The molecule has 1 spiro atoms. The number of nitrogens with zero attached hydrogens (tertiary/aromatic N) is 1. The van der Waals surface area contributed by atoms with Crippen LogP contribution in [0.1, 0.15) is 51.4 Å². The van der Waals surface area contributed by atoms with Gasteiger partial charge in [-0.3, -0.25) is 0 Å². The lowest BCUT2D eigenvalue weighted by Gasteiger charge is -2.40. The number of rotatable bonds is 2. The van der Waals surface area contributed by atoms with Crippen LogP contribution in [0.15, 0.2) is 0 Å². The molecule has 2 saturated heterocycles. The third kappa shape index (κ3) is 2.69. The summed E-state index contributed by atoms with van der Waals surface area (Å²) >= 11 is 0. The van der Waals surface area contributed by atoms with Crippen molar-refractivity contribution in [3.63, 3.8) is 0 Å². The summed E-state index contributed by atoms with van der Waals surface area (Å²) in [6, 6.07) is 0. The number of hydrogen-bond acceptors (Lipinski definition) is 3. The van der Waals surface area contributed by atoms with Gasteiger partial charge in [-0.05, 0) is 57.0 Å². The van der Waals surface area contributed by atoms with Crippen LogP contribution in [-0.4, -0.2) is 44.2 Å². The molecule has 1 aliphatic carbocycles. The molecule has 2 aliphatic heterocycles. The molecule has 0 radical (unpaired) electrons. The zero-order valence-corrected chi connectivity index (χ0v) is 12.6. The summed E-state index contributed by atoms with van der Waals surface area (Å²) in [6.45, 7) is 3.24. The van der Waals surface area contributed by atoms with Gasteiger partial charge in [0.05, 0.1) is 5.25 Å². The summed E-state index contributed by atoms with van der Waals surface area (Å²) in [4.78, 5) is 0. The Hall–Kier alpha value is -0.130. The Balaban J connectivity index is 1.63. The Bertz CT molecular complexity index is 399. The Morgan fingerprint density at radius 2 is 1.53 bits per heavy atom. The van der Waals surface area contributed by atoms with E-state index >= 15 is 0 Å². The quantitative estimate of drug-likeness (QED) is 0.841. The Kier molecular flexibility index (Phi) is 3.89. The first-order valence-electron chi connectivity index (χ1n) is 7.82. The molecule has 4 nitrogen and oxygen atoms in total. The molecular weight excluding hydrogens is 260 g/mol. The van der Waals surface area contributed by atoms with E-state index < -0.39 is 10.0 Å². The summed E-state index contributed by atoms with van der Waals surface area (Å²) < 4.78 is 27.1. The molecule has 0 aromatic carbocycles. The minimum absolute atomic E-state index is 0.133. The van der Waals surface area contributed by atoms with Crippen LogP contribution in [0.2, 0.25) is 0 Å². The SMILES string of the molecule is O=S(=O)(C1CCNCC1)N1CCC2(CCCC2)CC1. The first kappa shape index (κ1) is 13.8. The van der Waals surface area contributed by atoms with Gasteiger partial charge in [0.1, 0.15) is 0 Å². The van der Waals surface area contributed by atoms with Crippen molar-refractivity contribution in [2.24, 2.45) is 5.41 Å². The van der Waals surface area contributed by atoms with E-state index in [0.717, 1.165) is 51.9 Å². The Morgan fingerprint density at radius 1 is 0.947 bits per heavy atom. The number of piperidine rings is 2. The number of nitrogens with one attached hydrogen (secondary N) is 1. The highest BCUT2D eigenvalue weighted by Gasteiger charge is 2.41. The summed E-state index contributed by atoms with van der Waals surface area (Å²) in [7, 11) is -3.04. The van der Waals surface area contributed by atoms with Crippen LogP contribution in [-0.2, 0) is 10.0 Å². The second kappa shape index (κ2) is 5.34. The number of hydrogen-bond donors (Lipinski definition) is 1. The molecule has 3 aliphatic rings. The van der Waals surface area contributed by atoms with Crippen LogP contribution in [0.5, 0.6) is 0 Å². The van der Waals surface area contributed by atoms with Gasteiger partial charge in [0, 0.05) is 13.1 Å². The minimum Gasteiger partial charge on any atom is -0.317 e. The summed E-state index contributed by atoms with van der Waals surface area (Å²) in [5.74, 6) is 0. The van der Waals surface area contributed by atoms with Crippen molar-refractivity contribution in [2.75, 3.05) is 26.2 Å². The van der Waals surface area contributed by atoms with Gasteiger partial charge in [0.2, 0.25) is 10.0 Å². The van der Waals surface area contributed by atoms with Crippen LogP contribution in [0.3, 0.4) is 0 Å². The topological polar surface area (TPSA) is 49.4 Å². The second-order valence-corrected chi connectivity index (χ2v) is 8.81. The van der Waals surface area contributed by atoms with Crippen LogP contribution < -0.4 is 5.32 Å². The van der Waals surface area contributed by atoms with Crippen molar-refractivity contribution < 1.29 is 8.42 Å². The molecule has 2 heterocycles. The molecule has 1 N–H and O–H groups in total. The molecule has 3 fully saturated rings. The van der Waals surface area contributed by atoms with Gasteiger partial charge >= 0.3 is 0 Å². The Labute approximate surface area is 117 Å². The lowest BCUT2D eigenvalue weighted by atomic mass is 9.78. The maximum absolute atomic E-state index is 12.6. The summed E-state index contributed by atoms with van der Waals surface area (Å²) in [6.07, 6.45) is 9.10. The monoisotopic (exact) mass is 286 g/mol. The fourth-order valence-corrected chi connectivity index (χ4v) is 6.09. The van der Waals surface area contributed by atoms with E-state index in [4.69, 9.17) is 0 Å². The van der Waals surface area contributed by atoms with E-state index in [0.29, 0.717) is 5.41 Å². The van der Waals surface area contributed by atoms with E-state index in [9.17, 15) is 8.42 Å². The van der Waals surface area contributed by atoms with Crippen molar-refractivity contribution in [1.82, 2.24) is 9.62 Å². The maximum atomic E-state index is 12.6. The molecular formula is C14H26N2O2S. The fourth-order valence-electron chi connectivity index (χ4n) is 4.14. The lowest BCUT2D eigenvalue weighted by molar-refractivity contribution is 0.159. The van der Waals surface area contributed by atoms with E-state index in [1.807, 2.05) is 0 Å². The summed E-state index contributed by atoms with van der Waals surface area (Å²) in [5.41, 5.74) is 0.500. The van der Waals surface area contributed by atoms with E-state index in [1.54, 1.807) is 4.31 Å². The van der Waals surface area contributed by atoms with Crippen molar-refractivity contribution in [2.45, 2.75) is 56.6 Å². The smallest absolute Gasteiger partial charge is 0.217 e. The molecule has 0 aromatic heterocycles. The molecule has 0 atom stereocenters. The van der Waals surface area contributed by atoms with Gasteiger partial charge in [-0.25, -0.2) is 12.7 Å². The van der Waals surface area contributed by atoms with Gasteiger partial charge in [-0.2, -0.15) is 0 Å². The molecule has 0 amide bonds. The molecule has 1 saturated carbocycles. The maximum Gasteiger partial charge on any atom is 0.217 e. The van der Waals surface area contributed by atoms with Crippen molar-refractivity contribution in [3.8, 4) is 0 Å². The first-order valence-corrected chi connectivity index (χ1v) is 9.33. The molecule has 0 aromatic rings. The minimum atomic E-state index is -3.04. The van der Waals surface area contributed by atoms with Gasteiger partial charge < -0.3 is 5.32 Å². The molecule has 3 rings (SSSR count). The first-order chi connectivity index (χ1) is 9.12. The normalized spacial score (nSPS) is 29.9. The van der Waals surface area contributed by atoms with Crippen LogP contribution >= 0.6 is 0 Å². The van der Waals surface area contributed by atoms with E-state index in [1.165, 1.54) is 25.7 Å². The van der Waals surface area contributed by atoms with Gasteiger partial charge in [0.15, 0.2) is 0 Å². The van der Waals surface area contributed by atoms with E-state index in [-0.39, 0.29) is 5.25 Å². The van der Waals surface area contributed by atoms with Crippen LogP contribution in [0, 0.1) is 5.41 Å². The number of sulfonamides is 1. The molecule has 0 unspecified atom stereocenters. The zero-order chi connectivity index (χ0) is 13.3. The second-order valence-electron chi connectivity index (χ2n) is 6.60. The standard InChI is InChI=1S/C14H26N2O2S/c17-19(18,13-3-9-15-10-4-13)16-11-7-14(8-12-16)5-1-2-6-14/h13,15H,1-12H2. The van der Waals surface area contributed by atoms with Crippen LogP contribution in [0.4, 0.5) is 0 Å². The molecule has 0 bridgehead atoms. The molecule has 19 heavy (non-hydrogen) atoms. The van der Waals surface area contributed by atoms with Crippen molar-refractivity contribution in [3.05, 3.63) is 0 Å². The van der Waals surface area contributed by atoms with Gasteiger partial charge in [0.25, 0.3) is 0 Å². The third-order valence-electron chi connectivity index (χ3n) is 5.51. The Morgan fingerprint density at radius 3 is 2.11 bits per heavy atom. The van der Waals surface area contributed by atoms with Crippen molar-refractivity contribution in [1.29, 1.82) is 0 Å².